The second kappa shape index (κ2) is 6.99. The highest BCUT2D eigenvalue weighted by Gasteiger charge is 2.22. The van der Waals surface area contributed by atoms with E-state index in [0.29, 0.717) is 6.04 Å². The second-order valence-electron chi connectivity index (χ2n) is 5.87. The Bertz CT molecular complexity index is 386. The molecular weight excluding hydrogens is 252 g/mol. The fourth-order valence-corrected chi connectivity index (χ4v) is 3.14. The quantitative estimate of drug-likeness (QED) is 0.908. The van der Waals surface area contributed by atoms with Crippen molar-refractivity contribution in [2.24, 2.45) is 5.92 Å². The van der Waals surface area contributed by atoms with Crippen LogP contribution in [0.5, 0.6) is 0 Å². The van der Waals surface area contributed by atoms with Crippen molar-refractivity contribution in [1.29, 1.82) is 0 Å². The molecule has 1 aromatic rings. The predicted octanol–water partition coefficient (Wildman–Crippen LogP) is 1.78. The Morgan fingerprint density at radius 3 is 2.70 bits per heavy atom. The van der Waals surface area contributed by atoms with E-state index < -0.39 is 0 Å². The molecule has 0 radical (unpaired) electrons. The molecule has 0 bridgehead atoms. The van der Waals surface area contributed by atoms with Crippen LogP contribution < -0.4 is 5.32 Å². The van der Waals surface area contributed by atoms with Gasteiger partial charge in [0.15, 0.2) is 0 Å². The first kappa shape index (κ1) is 13.8. The van der Waals surface area contributed by atoms with E-state index in [1.165, 1.54) is 45.3 Å². The molecule has 110 valence electrons. The first-order chi connectivity index (χ1) is 9.90. The van der Waals surface area contributed by atoms with E-state index in [1.807, 2.05) is 6.07 Å². The minimum absolute atomic E-state index is 0.552. The van der Waals surface area contributed by atoms with Crippen molar-refractivity contribution < 1.29 is 4.74 Å². The molecule has 3 heterocycles. The van der Waals surface area contributed by atoms with Gasteiger partial charge in [0.25, 0.3) is 0 Å². The number of nitrogens with zero attached hydrogens (tertiary/aromatic N) is 3. The molecule has 0 atom stereocenters. The SMILES string of the molecule is c1cc(NC2CCN(CC3CCOCC3)CC2)ncn1. The molecule has 2 aliphatic heterocycles. The summed E-state index contributed by atoms with van der Waals surface area (Å²) in [5.74, 6) is 1.79. The van der Waals surface area contributed by atoms with Gasteiger partial charge < -0.3 is 15.0 Å². The van der Waals surface area contributed by atoms with Crippen LogP contribution in [-0.2, 0) is 4.74 Å². The summed E-state index contributed by atoms with van der Waals surface area (Å²) in [6.45, 7) is 5.55. The minimum Gasteiger partial charge on any atom is -0.381 e. The van der Waals surface area contributed by atoms with Crippen molar-refractivity contribution in [1.82, 2.24) is 14.9 Å². The van der Waals surface area contributed by atoms with Gasteiger partial charge in [-0.1, -0.05) is 0 Å². The topological polar surface area (TPSA) is 50.3 Å². The van der Waals surface area contributed by atoms with Crippen LogP contribution in [0, 0.1) is 5.92 Å². The molecule has 0 saturated carbocycles. The van der Waals surface area contributed by atoms with Gasteiger partial charge in [-0.3, -0.25) is 0 Å². The van der Waals surface area contributed by atoms with E-state index in [2.05, 4.69) is 20.2 Å². The number of hydrogen-bond acceptors (Lipinski definition) is 5. The Morgan fingerprint density at radius 2 is 2.00 bits per heavy atom. The first-order valence-corrected chi connectivity index (χ1v) is 7.73. The zero-order valence-corrected chi connectivity index (χ0v) is 12.0. The van der Waals surface area contributed by atoms with Gasteiger partial charge in [0.2, 0.25) is 0 Å². The van der Waals surface area contributed by atoms with E-state index in [4.69, 9.17) is 4.74 Å². The average Bonchev–Trinajstić information content (AvgIpc) is 2.51. The number of nitrogens with one attached hydrogen (secondary N) is 1. The monoisotopic (exact) mass is 276 g/mol. The standard InChI is InChI=1S/C15H24N4O/c1-6-16-12-17-15(1)18-14-2-7-19(8-3-14)11-13-4-9-20-10-5-13/h1,6,12-14H,2-5,7-11H2,(H,16,17,18). The van der Waals surface area contributed by atoms with Crippen LogP contribution in [0.3, 0.4) is 0 Å². The first-order valence-electron chi connectivity index (χ1n) is 7.73. The molecular formula is C15H24N4O. The summed E-state index contributed by atoms with van der Waals surface area (Å²) in [6, 6.07) is 2.49. The number of rotatable bonds is 4. The Kier molecular flexibility index (Phi) is 4.82. The highest BCUT2D eigenvalue weighted by Crippen LogP contribution is 2.20. The van der Waals surface area contributed by atoms with Gasteiger partial charge >= 0.3 is 0 Å². The lowest BCUT2D eigenvalue weighted by Gasteiger charge is -2.35. The molecule has 5 heteroatoms. The van der Waals surface area contributed by atoms with E-state index in [1.54, 1.807) is 12.5 Å². The van der Waals surface area contributed by atoms with Crippen molar-refractivity contribution in [2.45, 2.75) is 31.7 Å². The third-order valence-electron chi connectivity index (χ3n) is 4.38. The lowest BCUT2D eigenvalue weighted by Crippen LogP contribution is -2.42. The number of hydrogen-bond donors (Lipinski definition) is 1. The van der Waals surface area contributed by atoms with Gasteiger partial charge in [-0.25, -0.2) is 9.97 Å². The largest absolute Gasteiger partial charge is 0.381 e. The lowest BCUT2D eigenvalue weighted by atomic mass is 9.97. The van der Waals surface area contributed by atoms with E-state index in [9.17, 15) is 0 Å². The lowest BCUT2D eigenvalue weighted by molar-refractivity contribution is 0.0492. The van der Waals surface area contributed by atoms with Crippen molar-refractivity contribution in [3.05, 3.63) is 18.6 Å². The molecule has 0 spiro atoms. The highest BCUT2D eigenvalue weighted by atomic mass is 16.5. The molecule has 0 amide bonds. The number of anilines is 1. The van der Waals surface area contributed by atoms with Crippen molar-refractivity contribution >= 4 is 5.82 Å². The maximum atomic E-state index is 5.43. The van der Waals surface area contributed by atoms with Crippen LogP contribution in [0.4, 0.5) is 5.82 Å². The van der Waals surface area contributed by atoms with Gasteiger partial charge in [0, 0.05) is 45.1 Å². The molecule has 2 aliphatic rings. The number of ether oxygens (including phenoxy) is 1. The summed E-state index contributed by atoms with van der Waals surface area (Å²) in [7, 11) is 0. The molecule has 1 N–H and O–H groups in total. The van der Waals surface area contributed by atoms with Crippen LogP contribution in [-0.4, -0.2) is 53.8 Å². The Morgan fingerprint density at radius 1 is 1.20 bits per heavy atom. The van der Waals surface area contributed by atoms with Crippen LogP contribution in [0.25, 0.3) is 0 Å². The third kappa shape index (κ3) is 3.90. The molecule has 0 unspecified atom stereocenters. The molecule has 0 aliphatic carbocycles. The van der Waals surface area contributed by atoms with Crippen molar-refractivity contribution in [2.75, 3.05) is 38.2 Å². The van der Waals surface area contributed by atoms with Gasteiger partial charge in [-0.15, -0.1) is 0 Å². The molecule has 1 aromatic heterocycles. The van der Waals surface area contributed by atoms with Crippen LogP contribution >= 0.6 is 0 Å². The van der Waals surface area contributed by atoms with Gasteiger partial charge in [-0.2, -0.15) is 0 Å². The fourth-order valence-electron chi connectivity index (χ4n) is 3.14. The number of likely N-dealkylation sites (tertiary alicyclic amines) is 1. The summed E-state index contributed by atoms with van der Waals surface area (Å²) in [6.07, 6.45) is 8.26. The molecule has 5 nitrogen and oxygen atoms in total. The maximum absolute atomic E-state index is 5.43. The third-order valence-corrected chi connectivity index (χ3v) is 4.38. The predicted molar refractivity (Wildman–Crippen MR) is 78.7 cm³/mol. The van der Waals surface area contributed by atoms with Crippen LogP contribution in [0.15, 0.2) is 18.6 Å². The zero-order valence-electron chi connectivity index (χ0n) is 12.0. The molecule has 0 aromatic carbocycles. The van der Waals surface area contributed by atoms with E-state index in [-0.39, 0.29) is 0 Å². The second-order valence-corrected chi connectivity index (χ2v) is 5.87. The summed E-state index contributed by atoms with van der Waals surface area (Å²) < 4.78 is 5.43. The molecule has 20 heavy (non-hydrogen) atoms. The smallest absolute Gasteiger partial charge is 0.129 e. The minimum atomic E-state index is 0.552. The van der Waals surface area contributed by atoms with Crippen LogP contribution in [0.2, 0.25) is 0 Å². The molecule has 2 fully saturated rings. The molecule has 2 saturated heterocycles. The van der Waals surface area contributed by atoms with Gasteiger partial charge in [-0.05, 0) is 37.7 Å². The highest BCUT2D eigenvalue weighted by molar-refractivity contribution is 5.33. The normalized spacial score (nSPS) is 22.8. The van der Waals surface area contributed by atoms with Gasteiger partial charge in [0.05, 0.1) is 0 Å². The summed E-state index contributed by atoms with van der Waals surface area (Å²) in [5.41, 5.74) is 0. The van der Waals surface area contributed by atoms with Crippen molar-refractivity contribution in [3.63, 3.8) is 0 Å². The summed E-state index contributed by atoms with van der Waals surface area (Å²) in [5, 5.41) is 3.51. The Labute approximate surface area is 120 Å². The maximum Gasteiger partial charge on any atom is 0.129 e. The summed E-state index contributed by atoms with van der Waals surface area (Å²) >= 11 is 0. The summed E-state index contributed by atoms with van der Waals surface area (Å²) in [4.78, 5) is 10.8. The average molecular weight is 276 g/mol. The van der Waals surface area contributed by atoms with E-state index >= 15 is 0 Å². The van der Waals surface area contributed by atoms with Crippen molar-refractivity contribution in [3.8, 4) is 0 Å². The van der Waals surface area contributed by atoms with E-state index in [0.717, 1.165) is 24.9 Å². The molecule has 3 rings (SSSR count). The zero-order chi connectivity index (χ0) is 13.6. The Balaban J connectivity index is 1.40. The van der Waals surface area contributed by atoms with Gasteiger partial charge in [0.1, 0.15) is 12.1 Å². The number of piperidine rings is 1. The fraction of sp³-hybridized carbons (Fsp3) is 0.733. The number of aromatic nitrogens is 2. The Hall–Kier alpha value is -1.20. The van der Waals surface area contributed by atoms with Crippen LogP contribution in [0.1, 0.15) is 25.7 Å².